The third-order valence-corrected chi connectivity index (χ3v) is 5.39. The summed E-state index contributed by atoms with van der Waals surface area (Å²) in [5.74, 6) is 2.28. The third kappa shape index (κ3) is 4.43. The van der Waals surface area contributed by atoms with Gasteiger partial charge in [-0.15, -0.1) is 11.3 Å². The van der Waals surface area contributed by atoms with Crippen LogP contribution in [0.1, 0.15) is 28.1 Å². The Morgan fingerprint density at radius 3 is 2.88 bits per heavy atom. The first-order chi connectivity index (χ1) is 12.1. The number of aromatic nitrogens is 1. The maximum atomic E-state index is 5.45. The second-order valence-corrected chi connectivity index (χ2v) is 7.75. The molecule has 0 unspecified atom stereocenters. The summed E-state index contributed by atoms with van der Waals surface area (Å²) in [7, 11) is 0. The zero-order chi connectivity index (χ0) is 17.8. The van der Waals surface area contributed by atoms with Crippen LogP contribution in [0.15, 0.2) is 21.6 Å². The lowest BCUT2D eigenvalue weighted by Crippen LogP contribution is -2.36. The summed E-state index contributed by atoms with van der Waals surface area (Å²) in [4.78, 5) is 10.5. The summed E-state index contributed by atoms with van der Waals surface area (Å²) in [6.45, 7) is 8.44. The summed E-state index contributed by atoms with van der Waals surface area (Å²) in [5, 5.41) is 7.65. The number of thiazole rings is 1. The molecule has 0 saturated heterocycles. The fraction of sp³-hybridized carbons (Fsp3) is 0.412. The summed E-state index contributed by atoms with van der Waals surface area (Å²) in [6, 6.07) is 3.97. The first kappa shape index (κ1) is 18.0. The molecule has 3 rings (SSSR count). The van der Waals surface area contributed by atoms with Gasteiger partial charge in [0.25, 0.3) is 0 Å². The number of nitrogens with zero attached hydrogens (tertiary/aromatic N) is 2. The predicted octanol–water partition coefficient (Wildman–Crippen LogP) is 3.51. The average molecular weight is 425 g/mol. The van der Waals surface area contributed by atoms with E-state index in [4.69, 9.17) is 9.47 Å². The van der Waals surface area contributed by atoms with Gasteiger partial charge in [0.15, 0.2) is 17.5 Å². The summed E-state index contributed by atoms with van der Waals surface area (Å²) in [6.07, 6.45) is 0. The van der Waals surface area contributed by atoms with Crippen molar-refractivity contribution in [1.82, 2.24) is 15.6 Å². The Bertz CT molecular complexity index is 772. The van der Waals surface area contributed by atoms with Gasteiger partial charge in [0.05, 0.1) is 23.3 Å². The zero-order valence-corrected chi connectivity index (χ0v) is 16.9. The van der Waals surface area contributed by atoms with E-state index in [-0.39, 0.29) is 6.79 Å². The molecule has 0 spiro atoms. The predicted molar refractivity (Wildman–Crippen MR) is 104 cm³/mol. The minimum atomic E-state index is 0.261. The number of aryl methyl sites for hydroxylation is 2. The van der Waals surface area contributed by atoms with Crippen LogP contribution in [0.4, 0.5) is 0 Å². The van der Waals surface area contributed by atoms with Crippen LogP contribution in [0, 0.1) is 13.8 Å². The van der Waals surface area contributed by atoms with Gasteiger partial charge in [0.1, 0.15) is 5.01 Å². The standard InChI is InChI=1S/C17H21BrN4O2S/c1-4-19-17(21-8-15-22-10(2)11(3)25-15)20-7-12-5-13(18)16-14(6-12)23-9-24-16/h5-6H,4,7-9H2,1-3H3,(H2,19,20,21). The molecule has 1 aromatic carbocycles. The minimum Gasteiger partial charge on any atom is -0.454 e. The number of rotatable bonds is 5. The van der Waals surface area contributed by atoms with E-state index >= 15 is 0 Å². The molecule has 2 aromatic rings. The number of hydrogen-bond acceptors (Lipinski definition) is 5. The second kappa shape index (κ2) is 8.05. The van der Waals surface area contributed by atoms with E-state index in [0.717, 1.165) is 44.7 Å². The van der Waals surface area contributed by atoms with Crippen LogP contribution in [0.25, 0.3) is 0 Å². The number of aliphatic imine (C=N–C) groups is 1. The van der Waals surface area contributed by atoms with E-state index in [1.165, 1.54) is 4.88 Å². The quantitative estimate of drug-likeness (QED) is 0.567. The van der Waals surface area contributed by atoms with E-state index in [1.54, 1.807) is 11.3 Å². The van der Waals surface area contributed by atoms with Gasteiger partial charge in [-0.1, -0.05) is 0 Å². The van der Waals surface area contributed by atoms with E-state index in [0.29, 0.717) is 13.1 Å². The van der Waals surface area contributed by atoms with Crippen LogP contribution < -0.4 is 20.1 Å². The molecule has 1 aliphatic rings. The molecule has 0 radical (unpaired) electrons. The van der Waals surface area contributed by atoms with Crippen molar-refractivity contribution < 1.29 is 9.47 Å². The summed E-state index contributed by atoms with van der Waals surface area (Å²) >= 11 is 5.23. The van der Waals surface area contributed by atoms with Crippen molar-refractivity contribution in [3.05, 3.63) is 37.7 Å². The van der Waals surface area contributed by atoms with Crippen LogP contribution in [0.5, 0.6) is 11.5 Å². The number of guanidine groups is 1. The molecule has 6 nitrogen and oxygen atoms in total. The van der Waals surface area contributed by atoms with Crippen LogP contribution >= 0.6 is 27.3 Å². The highest BCUT2D eigenvalue weighted by atomic mass is 79.9. The van der Waals surface area contributed by atoms with Crippen LogP contribution in [-0.4, -0.2) is 24.3 Å². The number of fused-ring (bicyclic) bond motifs is 1. The molecule has 0 bridgehead atoms. The van der Waals surface area contributed by atoms with Gasteiger partial charge in [0, 0.05) is 11.4 Å². The van der Waals surface area contributed by atoms with Gasteiger partial charge >= 0.3 is 0 Å². The third-order valence-electron chi connectivity index (χ3n) is 3.73. The normalized spacial score (nSPS) is 13.2. The molecule has 1 aromatic heterocycles. The van der Waals surface area contributed by atoms with Crippen molar-refractivity contribution in [1.29, 1.82) is 0 Å². The molecule has 0 amide bonds. The van der Waals surface area contributed by atoms with Crippen LogP contribution in [0.2, 0.25) is 0 Å². The van der Waals surface area contributed by atoms with Gasteiger partial charge in [-0.25, -0.2) is 9.98 Å². The van der Waals surface area contributed by atoms with Crippen molar-refractivity contribution in [3.63, 3.8) is 0 Å². The Kier molecular flexibility index (Phi) is 5.80. The largest absolute Gasteiger partial charge is 0.454 e. The minimum absolute atomic E-state index is 0.261. The number of benzene rings is 1. The first-order valence-electron chi connectivity index (χ1n) is 8.10. The van der Waals surface area contributed by atoms with Crippen LogP contribution in [-0.2, 0) is 13.1 Å². The number of nitrogens with one attached hydrogen (secondary N) is 2. The molecule has 0 fully saturated rings. The van der Waals surface area contributed by atoms with E-state index < -0.39 is 0 Å². The van der Waals surface area contributed by atoms with Gasteiger partial charge < -0.3 is 20.1 Å². The van der Waals surface area contributed by atoms with Crippen molar-refractivity contribution in [3.8, 4) is 11.5 Å². The molecule has 0 saturated carbocycles. The van der Waals surface area contributed by atoms with Crippen molar-refractivity contribution in [2.45, 2.75) is 33.9 Å². The Labute approximate surface area is 159 Å². The molecular weight excluding hydrogens is 404 g/mol. The van der Waals surface area contributed by atoms with Crippen molar-refractivity contribution in [2.75, 3.05) is 13.3 Å². The topological polar surface area (TPSA) is 67.8 Å². The van der Waals surface area contributed by atoms with E-state index in [2.05, 4.69) is 43.5 Å². The van der Waals surface area contributed by atoms with Gasteiger partial charge in [-0.2, -0.15) is 0 Å². The van der Waals surface area contributed by atoms with Crippen molar-refractivity contribution in [2.24, 2.45) is 4.99 Å². The van der Waals surface area contributed by atoms with E-state index in [1.807, 2.05) is 26.0 Å². The monoisotopic (exact) mass is 424 g/mol. The number of halogens is 1. The summed E-state index contributed by atoms with van der Waals surface area (Å²) < 4.78 is 11.8. The molecule has 2 heterocycles. The Morgan fingerprint density at radius 2 is 2.16 bits per heavy atom. The molecule has 0 atom stereocenters. The Morgan fingerprint density at radius 1 is 1.32 bits per heavy atom. The molecule has 134 valence electrons. The smallest absolute Gasteiger partial charge is 0.231 e. The SMILES string of the molecule is CCNC(=NCc1cc(Br)c2c(c1)OCO2)NCc1nc(C)c(C)s1. The molecule has 1 aliphatic heterocycles. The highest BCUT2D eigenvalue weighted by Crippen LogP contribution is 2.40. The molecule has 2 N–H and O–H groups in total. The van der Waals surface area contributed by atoms with Gasteiger partial charge in [-0.05, 0) is 54.4 Å². The number of hydrogen-bond donors (Lipinski definition) is 2. The molecule has 8 heteroatoms. The number of ether oxygens (including phenoxy) is 2. The first-order valence-corrected chi connectivity index (χ1v) is 9.71. The van der Waals surface area contributed by atoms with Crippen molar-refractivity contribution >= 4 is 33.2 Å². The molecular formula is C17H21BrN4O2S. The summed E-state index contributed by atoms with van der Waals surface area (Å²) in [5.41, 5.74) is 2.14. The lowest BCUT2D eigenvalue weighted by Gasteiger charge is -2.10. The Hall–Kier alpha value is -1.80. The maximum absolute atomic E-state index is 5.45. The lowest BCUT2D eigenvalue weighted by molar-refractivity contribution is 0.173. The fourth-order valence-corrected chi connectivity index (χ4v) is 3.88. The highest BCUT2D eigenvalue weighted by Gasteiger charge is 2.17. The molecule has 0 aliphatic carbocycles. The fourth-order valence-electron chi connectivity index (χ4n) is 2.40. The van der Waals surface area contributed by atoms with E-state index in [9.17, 15) is 0 Å². The highest BCUT2D eigenvalue weighted by molar-refractivity contribution is 9.10. The lowest BCUT2D eigenvalue weighted by atomic mass is 10.2. The zero-order valence-electron chi connectivity index (χ0n) is 14.5. The van der Waals surface area contributed by atoms with Gasteiger partial charge in [0.2, 0.25) is 6.79 Å². The Balaban J connectivity index is 1.66. The molecule has 25 heavy (non-hydrogen) atoms. The average Bonchev–Trinajstić information content (AvgIpc) is 3.17. The second-order valence-electron chi connectivity index (χ2n) is 5.61. The van der Waals surface area contributed by atoms with Gasteiger partial charge in [-0.3, -0.25) is 0 Å². The maximum Gasteiger partial charge on any atom is 0.231 e. The van der Waals surface area contributed by atoms with Crippen LogP contribution in [0.3, 0.4) is 0 Å².